The molecule has 2 N–H and O–H groups in total. The average Bonchev–Trinajstić information content (AvgIpc) is 2.47. The minimum Gasteiger partial charge on any atom is -0.492 e. The number of aliphatic imine (C=N–C) groups is 1. The Morgan fingerprint density at radius 3 is 2.35 bits per heavy atom. The van der Waals surface area contributed by atoms with E-state index in [2.05, 4.69) is 22.5 Å². The maximum Gasteiger partial charge on any atom is 0.191 e. The molecule has 0 aliphatic carbocycles. The number of hydrogen-bond donors (Lipinski definition) is 2. The van der Waals surface area contributed by atoms with Crippen molar-refractivity contribution in [3.8, 4) is 5.75 Å². The first kappa shape index (κ1) is 16.3. The fourth-order valence-corrected chi connectivity index (χ4v) is 1.58. The number of ether oxygens (including phenoxy) is 2. The Morgan fingerprint density at radius 2 is 1.75 bits per heavy atom. The molecule has 0 atom stereocenters. The van der Waals surface area contributed by atoms with Crippen LogP contribution in [-0.4, -0.2) is 45.9 Å². The molecular weight excluding hydrogens is 254 g/mol. The molecule has 0 spiro atoms. The first-order valence-electron chi connectivity index (χ1n) is 6.98. The normalized spacial score (nSPS) is 11.2. The first-order valence-corrected chi connectivity index (χ1v) is 6.98. The maximum absolute atomic E-state index is 5.63. The van der Waals surface area contributed by atoms with E-state index in [1.165, 1.54) is 5.56 Å². The molecule has 0 aliphatic heterocycles. The largest absolute Gasteiger partial charge is 0.492 e. The van der Waals surface area contributed by atoms with E-state index >= 15 is 0 Å². The SMILES string of the molecule is CCOCCNC(=NC)NCCOc1ccc(C)cc1. The van der Waals surface area contributed by atoms with E-state index in [1.54, 1.807) is 7.05 Å². The number of nitrogens with zero attached hydrogens (tertiary/aromatic N) is 1. The molecule has 1 aromatic carbocycles. The minimum absolute atomic E-state index is 0.592. The second-order valence-corrected chi connectivity index (χ2v) is 4.28. The molecule has 20 heavy (non-hydrogen) atoms. The fourth-order valence-electron chi connectivity index (χ4n) is 1.58. The molecule has 0 saturated carbocycles. The molecule has 5 nitrogen and oxygen atoms in total. The van der Waals surface area contributed by atoms with Gasteiger partial charge in [0, 0.05) is 20.2 Å². The van der Waals surface area contributed by atoms with Gasteiger partial charge in [-0.1, -0.05) is 17.7 Å². The Kier molecular flexibility index (Phi) is 8.22. The number of aryl methyl sites for hydroxylation is 1. The van der Waals surface area contributed by atoms with E-state index in [-0.39, 0.29) is 0 Å². The summed E-state index contributed by atoms with van der Waals surface area (Å²) >= 11 is 0. The van der Waals surface area contributed by atoms with Gasteiger partial charge in [0.2, 0.25) is 0 Å². The third kappa shape index (κ3) is 6.99. The van der Waals surface area contributed by atoms with Crippen LogP contribution in [0.2, 0.25) is 0 Å². The molecule has 112 valence electrons. The van der Waals surface area contributed by atoms with Crippen LogP contribution in [0.1, 0.15) is 12.5 Å². The molecule has 0 amide bonds. The number of hydrogen-bond acceptors (Lipinski definition) is 3. The molecule has 0 heterocycles. The van der Waals surface area contributed by atoms with Crippen molar-refractivity contribution in [3.63, 3.8) is 0 Å². The Balaban J connectivity index is 2.13. The van der Waals surface area contributed by atoms with Crippen LogP contribution in [0.4, 0.5) is 0 Å². The molecule has 1 aromatic rings. The summed E-state index contributed by atoms with van der Waals surface area (Å²) in [5.41, 5.74) is 1.23. The summed E-state index contributed by atoms with van der Waals surface area (Å²) < 4.78 is 10.9. The van der Waals surface area contributed by atoms with Crippen molar-refractivity contribution in [3.05, 3.63) is 29.8 Å². The standard InChI is InChI=1S/C15H25N3O2/c1-4-19-11-9-17-15(16-3)18-10-12-20-14-7-5-13(2)6-8-14/h5-8H,4,9-12H2,1-3H3,(H2,16,17,18). The highest BCUT2D eigenvalue weighted by molar-refractivity contribution is 5.79. The number of nitrogens with one attached hydrogen (secondary N) is 2. The first-order chi connectivity index (χ1) is 9.76. The summed E-state index contributed by atoms with van der Waals surface area (Å²) in [6.07, 6.45) is 0. The monoisotopic (exact) mass is 279 g/mol. The number of rotatable bonds is 8. The summed E-state index contributed by atoms with van der Waals surface area (Å²) in [5, 5.41) is 6.35. The van der Waals surface area contributed by atoms with Gasteiger partial charge in [-0.3, -0.25) is 4.99 Å². The minimum atomic E-state index is 0.592. The molecule has 0 fully saturated rings. The van der Waals surface area contributed by atoms with Crippen LogP contribution in [0.3, 0.4) is 0 Å². The highest BCUT2D eigenvalue weighted by Crippen LogP contribution is 2.10. The van der Waals surface area contributed by atoms with Crippen molar-refractivity contribution < 1.29 is 9.47 Å². The van der Waals surface area contributed by atoms with Gasteiger partial charge in [-0.15, -0.1) is 0 Å². The van der Waals surface area contributed by atoms with E-state index in [9.17, 15) is 0 Å². The van der Waals surface area contributed by atoms with Gasteiger partial charge in [-0.2, -0.15) is 0 Å². The third-order valence-corrected chi connectivity index (χ3v) is 2.65. The molecule has 5 heteroatoms. The van der Waals surface area contributed by atoms with E-state index in [4.69, 9.17) is 9.47 Å². The van der Waals surface area contributed by atoms with Gasteiger partial charge in [0.15, 0.2) is 5.96 Å². The Bertz CT molecular complexity index is 391. The van der Waals surface area contributed by atoms with Crippen molar-refractivity contribution in [1.82, 2.24) is 10.6 Å². The van der Waals surface area contributed by atoms with Crippen LogP contribution in [0.25, 0.3) is 0 Å². The van der Waals surface area contributed by atoms with Crippen molar-refractivity contribution in [2.24, 2.45) is 4.99 Å². The predicted octanol–water partition coefficient (Wildman–Crippen LogP) is 1.58. The van der Waals surface area contributed by atoms with Crippen molar-refractivity contribution in [2.75, 3.05) is 40.0 Å². The summed E-state index contributed by atoms with van der Waals surface area (Å²) in [6, 6.07) is 8.03. The Hall–Kier alpha value is -1.75. The van der Waals surface area contributed by atoms with Crippen LogP contribution in [-0.2, 0) is 4.74 Å². The van der Waals surface area contributed by atoms with Gasteiger partial charge >= 0.3 is 0 Å². The summed E-state index contributed by atoms with van der Waals surface area (Å²) in [4.78, 5) is 4.13. The zero-order valence-corrected chi connectivity index (χ0v) is 12.6. The second-order valence-electron chi connectivity index (χ2n) is 4.28. The van der Waals surface area contributed by atoms with E-state index in [1.807, 2.05) is 31.2 Å². The van der Waals surface area contributed by atoms with Gasteiger partial charge in [0.1, 0.15) is 12.4 Å². The van der Waals surface area contributed by atoms with Crippen molar-refractivity contribution >= 4 is 5.96 Å². The maximum atomic E-state index is 5.63. The molecular formula is C15H25N3O2. The zero-order chi connectivity index (χ0) is 14.6. The fraction of sp³-hybridized carbons (Fsp3) is 0.533. The van der Waals surface area contributed by atoms with Crippen LogP contribution < -0.4 is 15.4 Å². The lowest BCUT2D eigenvalue weighted by molar-refractivity contribution is 0.152. The highest BCUT2D eigenvalue weighted by Gasteiger charge is 1.97. The van der Waals surface area contributed by atoms with Crippen LogP contribution >= 0.6 is 0 Å². The van der Waals surface area contributed by atoms with Gasteiger partial charge < -0.3 is 20.1 Å². The lowest BCUT2D eigenvalue weighted by Crippen LogP contribution is -2.40. The van der Waals surface area contributed by atoms with E-state index in [0.29, 0.717) is 19.8 Å². The lowest BCUT2D eigenvalue weighted by Gasteiger charge is -2.12. The lowest BCUT2D eigenvalue weighted by atomic mass is 10.2. The molecule has 0 bridgehead atoms. The molecule has 0 aliphatic rings. The molecule has 0 unspecified atom stereocenters. The van der Waals surface area contributed by atoms with Gasteiger partial charge in [-0.25, -0.2) is 0 Å². The third-order valence-electron chi connectivity index (χ3n) is 2.65. The molecule has 0 aromatic heterocycles. The topological polar surface area (TPSA) is 54.9 Å². The van der Waals surface area contributed by atoms with Crippen molar-refractivity contribution in [2.45, 2.75) is 13.8 Å². The molecule has 0 saturated heterocycles. The molecule has 1 rings (SSSR count). The smallest absolute Gasteiger partial charge is 0.191 e. The predicted molar refractivity (Wildman–Crippen MR) is 82.5 cm³/mol. The van der Waals surface area contributed by atoms with Crippen LogP contribution in [0.5, 0.6) is 5.75 Å². The van der Waals surface area contributed by atoms with E-state index < -0.39 is 0 Å². The zero-order valence-electron chi connectivity index (χ0n) is 12.6. The molecule has 0 radical (unpaired) electrons. The summed E-state index contributed by atoms with van der Waals surface area (Å²) in [5.74, 6) is 1.65. The summed E-state index contributed by atoms with van der Waals surface area (Å²) in [6.45, 7) is 7.48. The number of guanidine groups is 1. The highest BCUT2D eigenvalue weighted by atomic mass is 16.5. The van der Waals surface area contributed by atoms with Gasteiger partial charge in [0.05, 0.1) is 13.2 Å². The summed E-state index contributed by atoms with van der Waals surface area (Å²) in [7, 11) is 1.75. The van der Waals surface area contributed by atoms with Gasteiger partial charge in [0.25, 0.3) is 0 Å². The Labute approximate surface area is 121 Å². The van der Waals surface area contributed by atoms with Crippen LogP contribution in [0, 0.1) is 6.92 Å². The quantitative estimate of drug-likeness (QED) is 0.431. The Morgan fingerprint density at radius 1 is 1.10 bits per heavy atom. The van der Waals surface area contributed by atoms with Crippen molar-refractivity contribution in [1.29, 1.82) is 0 Å². The average molecular weight is 279 g/mol. The van der Waals surface area contributed by atoms with Gasteiger partial charge in [-0.05, 0) is 26.0 Å². The van der Waals surface area contributed by atoms with Crippen LogP contribution in [0.15, 0.2) is 29.3 Å². The second kappa shape index (κ2) is 10.1. The van der Waals surface area contributed by atoms with E-state index in [0.717, 1.165) is 24.9 Å². The number of benzene rings is 1.